The zero-order chi connectivity index (χ0) is 19.4. The number of hydrogen-bond donors (Lipinski definition) is 0. The molecule has 4 nitrogen and oxygen atoms in total. The standard InChI is InChI=1S/C20H18INO3S2/c1-3-25-18-15(21)9-14(10-16(18)24-2)11-17-19(23)22(20(26)27-17)12-13-7-5-4-6-8-13/h4-11H,3,12H2,1-2H3/b17-11-. The number of halogens is 1. The van der Waals surface area contributed by atoms with Crippen molar-refractivity contribution in [1.29, 1.82) is 0 Å². The molecule has 3 rings (SSSR count). The number of rotatable bonds is 6. The van der Waals surface area contributed by atoms with Crippen LogP contribution in [0.1, 0.15) is 18.1 Å². The summed E-state index contributed by atoms with van der Waals surface area (Å²) in [5.74, 6) is 1.29. The number of carbonyl (C=O) groups is 1. The minimum Gasteiger partial charge on any atom is -0.493 e. The van der Waals surface area contributed by atoms with Crippen molar-refractivity contribution in [1.82, 2.24) is 4.90 Å². The number of thioether (sulfide) groups is 1. The normalized spacial score (nSPS) is 15.5. The van der Waals surface area contributed by atoms with Gasteiger partial charge < -0.3 is 9.47 Å². The van der Waals surface area contributed by atoms with Crippen LogP contribution < -0.4 is 9.47 Å². The van der Waals surface area contributed by atoms with Gasteiger partial charge in [0.25, 0.3) is 5.91 Å². The summed E-state index contributed by atoms with van der Waals surface area (Å²) in [5.41, 5.74) is 1.92. The molecule has 0 atom stereocenters. The van der Waals surface area contributed by atoms with Crippen molar-refractivity contribution in [2.75, 3.05) is 13.7 Å². The Morgan fingerprint density at radius 1 is 1.26 bits per heavy atom. The first-order valence-electron chi connectivity index (χ1n) is 8.33. The Bertz CT molecular complexity index is 900. The number of thiocarbonyl (C=S) groups is 1. The van der Waals surface area contributed by atoms with E-state index < -0.39 is 0 Å². The average Bonchev–Trinajstić information content (AvgIpc) is 2.92. The molecule has 1 saturated heterocycles. The van der Waals surface area contributed by atoms with Crippen LogP contribution in [-0.4, -0.2) is 28.8 Å². The predicted molar refractivity (Wildman–Crippen MR) is 122 cm³/mol. The molecule has 0 aliphatic carbocycles. The smallest absolute Gasteiger partial charge is 0.266 e. The number of benzene rings is 2. The Morgan fingerprint density at radius 3 is 2.67 bits per heavy atom. The van der Waals surface area contributed by atoms with Crippen molar-refractivity contribution < 1.29 is 14.3 Å². The molecule has 27 heavy (non-hydrogen) atoms. The van der Waals surface area contributed by atoms with Crippen molar-refractivity contribution in [3.05, 3.63) is 62.1 Å². The van der Waals surface area contributed by atoms with E-state index in [2.05, 4.69) is 22.6 Å². The molecule has 1 aliphatic rings. The highest BCUT2D eigenvalue weighted by molar-refractivity contribution is 14.1. The molecular formula is C20H18INO3S2. The molecule has 1 amide bonds. The quantitative estimate of drug-likeness (QED) is 0.307. The molecule has 7 heteroatoms. The van der Waals surface area contributed by atoms with Crippen LogP contribution in [0.4, 0.5) is 0 Å². The van der Waals surface area contributed by atoms with Crippen molar-refractivity contribution in [3.63, 3.8) is 0 Å². The molecular weight excluding hydrogens is 493 g/mol. The summed E-state index contributed by atoms with van der Waals surface area (Å²) in [5, 5.41) is 0. The Hall–Kier alpha value is -1.58. The lowest BCUT2D eigenvalue weighted by Gasteiger charge is -2.14. The van der Waals surface area contributed by atoms with Crippen LogP contribution in [0.15, 0.2) is 47.4 Å². The lowest BCUT2D eigenvalue weighted by Crippen LogP contribution is -2.27. The summed E-state index contributed by atoms with van der Waals surface area (Å²) in [6, 6.07) is 13.7. The first-order valence-corrected chi connectivity index (χ1v) is 10.6. The van der Waals surface area contributed by atoms with E-state index in [1.807, 2.05) is 55.5 Å². The van der Waals surface area contributed by atoms with Crippen LogP contribution >= 0.6 is 46.6 Å². The van der Waals surface area contributed by atoms with Gasteiger partial charge in [-0.05, 0) is 58.9 Å². The maximum Gasteiger partial charge on any atom is 0.266 e. The van der Waals surface area contributed by atoms with Crippen LogP contribution in [0.25, 0.3) is 6.08 Å². The first kappa shape index (κ1) is 20.2. The van der Waals surface area contributed by atoms with Gasteiger partial charge in [-0.1, -0.05) is 54.3 Å². The third kappa shape index (κ3) is 4.64. The summed E-state index contributed by atoms with van der Waals surface area (Å²) in [7, 11) is 1.61. The summed E-state index contributed by atoms with van der Waals surface area (Å²) in [6.45, 7) is 2.97. The summed E-state index contributed by atoms with van der Waals surface area (Å²) in [6.07, 6.45) is 1.85. The molecule has 0 saturated carbocycles. The van der Waals surface area contributed by atoms with E-state index in [1.54, 1.807) is 12.0 Å². The molecule has 0 radical (unpaired) electrons. The topological polar surface area (TPSA) is 38.8 Å². The van der Waals surface area contributed by atoms with Crippen molar-refractivity contribution in [2.24, 2.45) is 0 Å². The van der Waals surface area contributed by atoms with E-state index in [-0.39, 0.29) is 5.91 Å². The monoisotopic (exact) mass is 511 g/mol. The zero-order valence-corrected chi connectivity index (χ0v) is 18.7. The summed E-state index contributed by atoms with van der Waals surface area (Å²) in [4.78, 5) is 15.1. The van der Waals surface area contributed by atoms with Crippen molar-refractivity contribution in [3.8, 4) is 11.5 Å². The zero-order valence-electron chi connectivity index (χ0n) is 14.9. The van der Waals surface area contributed by atoms with Gasteiger partial charge >= 0.3 is 0 Å². The molecule has 0 N–H and O–H groups in total. The highest BCUT2D eigenvalue weighted by atomic mass is 127. The molecule has 0 spiro atoms. The van der Waals surface area contributed by atoms with Crippen LogP contribution in [0.3, 0.4) is 0 Å². The molecule has 1 aliphatic heterocycles. The fourth-order valence-corrected chi connectivity index (χ4v) is 4.70. The van der Waals surface area contributed by atoms with E-state index in [0.717, 1.165) is 20.4 Å². The second kappa shape index (κ2) is 9.07. The molecule has 0 aromatic heterocycles. The van der Waals surface area contributed by atoms with Crippen molar-refractivity contribution >= 4 is 62.9 Å². The van der Waals surface area contributed by atoms with Gasteiger partial charge in [0.05, 0.1) is 28.7 Å². The van der Waals surface area contributed by atoms with Crippen molar-refractivity contribution in [2.45, 2.75) is 13.5 Å². The molecule has 1 fully saturated rings. The summed E-state index contributed by atoms with van der Waals surface area (Å²) >= 11 is 8.96. The molecule has 2 aromatic carbocycles. The maximum atomic E-state index is 12.8. The van der Waals surface area contributed by atoms with Gasteiger partial charge in [0.2, 0.25) is 0 Å². The maximum absolute atomic E-state index is 12.8. The largest absolute Gasteiger partial charge is 0.493 e. The number of ether oxygens (including phenoxy) is 2. The molecule has 2 aromatic rings. The number of amides is 1. The summed E-state index contributed by atoms with van der Waals surface area (Å²) < 4.78 is 12.6. The van der Waals surface area contributed by atoms with Gasteiger partial charge in [-0.25, -0.2) is 0 Å². The minimum atomic E-state index is -0.0725. The fourth-order valence-electron chi connectivity index (χ4n) is 2.66. The molecule has 1 heterocycles. The van der Waals surface area contributed by atoms with Gasteiger partial charge in [-0.2, -0.15) is 0 Å². The third-order valence-electron chi connectivity index (χ3n) is 3.90. The lowest BCUT2D eigenvalue weighted by atomic mass is 10.1. The van der Waals surface area contributed by atoms with Gasteiger partial charge in [0.15, 0.2) is 11.5 Å². The van der Waals surface area contributed by atoms with Crippen LogP contribution in [-0.2, 0) is 11.3 Å². The molecule has 0 bridgehead atoms. The van der Waals surface area contributed by atoms with Gasteiger partial charge in [0.1, 0.15) is 4.32 Å². The van der Waals surface area contributed by atoms with Crippen LogP contribution in [0.5, 0.6) is 11.5 Å². The molecule has 140 valence electrons. The fraction of sp³-hybridized carbons (Fsp3) is 0.200. The van der Waals surface area contributed by atoms with E-state index >= 15 is 0 Å². The Labute approximate surface area is 182 Å². The van der Waals surface area contributed by atoms with E-state index in [0.29, 0.717) is 28.1 Å². The van der Waals surface area contributed by atoms with Crippen LogP contribution in [0, 0.1) is 3.57 Å². The average molecular weight is 511 g/mol. The lowest BCUT2D eigenvalue weighted by molar-refractivity contribution is -0.122. The van der Waals surface area contributed by atoms with E-state index in [4.69, 9.17) is 21.7 Å². The Balaban J connectivity index is 1.86. The number of nitrogens with zero attached hydrogens (tertiary/aromatic N) is 1. The Kier molecular flexibility index (Phi) is 6.78. The van der Waals surface area contributed by atoms with Gasteiger partial charge in [-0.15, -0.1) is 0 Å². The SMILES string of the molecule is CCOc1c(I)cc(/C=C2\SC(=S)N(Cc3ccccc3)C2=O)cc1OC. The second-order valence-corrected chi connectivity index (χ2v) is 8.56. The predicted octanol–water partition coefficient (Wildman–Crippen LogP) is 5.10. The van der Waals surface area contributed by atoms with Gasteiger partial charge in [-0.3, -0.25) is 9.69 Å². The first-order chi connectivity index (χ1) is 13.0. The van der Waals surface area contributed by atoms with Crippen LogP contribution in [0.2, 0.25) is 0 Å². The second-order valence-electron chi connectivity index (χ2n) is 5.72. The Morgan fingerprint density at radius 2 is 2.00 bits per heavy atom. The number of methoxy groups -OCH3 is 1. The van der Waals surface area contributed by atoms with E-state index in [1.165, 1.54) is 11.8 Å². The molecule has 0 unspecified atom stereocenters. The highest BCUT2D eigenvalue weighted by Crippen LogP contribution is 2.37. The minimum absolute atomic E-state index is 0.0725. The number of carbonyl (C=O) groups excluding carboxylic acids is 1. The third-order valence-corrected chi connectivity index (χ3v) is 6.07. The van der Waals surface area contributed by atoms with Gasteiger partial charge in [0, 0.05) is 0 Å². The number of hydrogen-bond acceptors (Lipinski definition) is 5. The van der Waals surface area contributed by atoms with E-state index in [9.17, 15) is 4.79 Å². The highest BCUT2D eigenvalue weighted by Gasteiger charge is 2.32.